The minimum Gasteiger partial charge on any atom is -0.467 e. The number of fused-ring (bicyclic) bond motifs is 1. The quantitative estimate of drug-likeness (QED) is 0.542. The molecule has 31 heavy (non-hydrogen) atoms. The maximum atomic E-state index is 13.0. The Hall–Kier alpha value is -2.78. The number of amides is 1. The highest BCUT2D eigenvalue weighted by atomic mass is 35.5. The molecule has 160 valence electrons. The van der Waals surface area contributed by atoms with Crippen molar-refractivity contribution < 1.29 is 22.7 Å². The van der Waals surface area contributed by atoms with Gasteiger partial charge in [0, 0.05) is 15.6 Å². The SMILES string of the molecule is O=C(Nc1cccc2c1COCO2)c1cc(Cl)ccc1NS(=O)(=O)c1ccc(Cl)cc1. The Morgan fingerprint density at radius 2 is 1.68 bits per heavy atom. The van der Waals surface area contributed by atoms with Crippen LogP contribution in [-0.4, -0.2) is 21.1 Å². The average Bonchev–Trinajstić information content (AvgIpc) is 2.75. The van der Waals surface area contributed by atoms with E-state index < -0.39 is 15.9 Å². The predicted molar refractivity (Wildman–Crippen MR) is 118 cm³/mol. The van der Waals surface area contributed by atoms with E-state index in [9.17, 15) is 13.2 Å². The highest BCUT2D eigenvalue weighted by Crippen LogP contribution is 2.31. The van der Waals surface area contributed by atoms with Gasteiger partial charge in [0.25, 0.3) is 15.9 Å². The number of hydrogen-bond acceptors (Lipinski definition) is 5. The molecule has 0 bridgehead atoms. The van der Waals surface area contributed by atoms with Crippen molar-refractivity contribution in [2.75, 3.05) is 16.8 Å². The van der Waals surface area contributed by atoms with E-state index in [0.29, 0.717) is 22.0 Å². The minimum atomic E-state index is -3.96. The zero-order valence-electron chi connectivity index (χ0n) is 15.9. The van der Waals surface area contributed by atoms with Crippen LogP contribution in [0.3, 0.4) is 0 Å². The van der Waals surface area contributed by atoms with Crippen molar-refractivity contribution in [3.63, 3.8) is 0 Å². The first-order valence-electron chi connectivity index (χ1n) is 9.05. The van der Waals surface area contributed by atoms with E-state index in [4.69, 9.17) is 32.7 Å². The van der Waals surface area contributed by atoms with E-state index in [0.717, 1.165) is 0 Å². The van der Waals surface area contributed by atoms with Gasteiger partial charge in [-0.15, -0.1) is 0 Å². The van der Waals surface area contributed by atoms with E-state index in [1.807, 2.05) is 0 Å². The summed E-state index contributed by atoms with van der Waals surface area (Å²) in [5, 5.41) is 3.46. The van der Waals surface area contributed by atoms with Gasteiger partial charge in [-0.2, -0.15) is 0 Å². The number of hydrogen-bond donors (Lipinski definition) is 2. The number of carbonyl (C=O) groups is 1. The molecule has 2 N–H and O–H groups in total. The molecule has 0 saturated heterocycles. The molecule has 0 spiro atoms. The molecule has 3 aromatic rings. The van der Waals surface area contributed by atoms with Crippen molar-refractivity contribution >= 4 is 50.5 Å². The summed E-state index contributed by atoms with van der Waals surface area (Å²) in [5.74, 6) is 0.0640. The molecule has 7 nitrogen and oxygen atoms in total. The van der Waals surface area contributed by atoms with E-state index in [1.54, 1.807) is 18.2 Å². The van der Waals surface area contributed by atoms with Crippen LogP contribution in [0, 0.1) is 0 Å². The van der Waals surface area contributed by atoms with Gasteiger partial charge >= 0.3 is 0 Å². The lowest BCUT2D eigenvalue weighted by Gasteiger charge is -2.21. The van der Waals surface area contributed by atoms with Gasteiger partial charge in [0.05, 0.1) is 28.4 Å². The topological polar surface area (TPSA) is 93.7 Å². The average molecular weight is 479 g/mol. The van der Waals surface area contributed by atoms with E-state index >= 15 is 0 Å². The molecule has 0 unspecified atom stereocenters. The lowest BCUT2D eigenvalue weighted by atomic mass is 10.1. The van der Waals surface area contributed by atoms with E-state index in [2.05, 4.69) is 10.0 Å². The molecular formula is C21H16Cl2N2O5S. The highest BCUT2D eigenvalue weighted by Gasteiger charge is 2.21. The molecule has 0 fully saturated rings. The van der Waals surface area contributed by atoms with Crippen LogP contribution in [0.25, 0.3) is 0 Å². The first kappa shape index (κ1) is 21.5. The number of benzene rings is 3. The smallest absolute Gasteiger partial charge is 0.261 e. The molecule has 0 aromatic heterocycles. The number of sulfonamides is 1. The number of ether oxygens (including phenoxy) is 2. The number of rotatable bonds is 5. The molecule has 0 aliphatic carbocycles. The lowest BCUT2D eigenvalue weighted by molar-refractivity contribution is -0.0159. The first-order valence-corrected chi connectivity index (χ1v) is 11.3. The Balaban J connectivity index is 1.64. The Labute approximate surface area is 188 Å². The number of nitrogens with one attached hydrogen (secondary N) is 2. The summed E-state index contributed by atoms with van der Waals surface area (Å²) >= 11 is 11.9. The first-order chi connectivity index (χ1) is 14.8. The van der Waals surface area contributed by atoms with Gasteiger partial charge in [-0.1, -0.05) is 29.3 Å². The van der Waals surface area contributed by atoms with Gasteiger partial charge < -0.3 is 14.8 Å². The van der Waals surface area contributed by atoms with Crippen molar-refractivity contribution in [1.29, 1.82) is 0 Å². The van der Waals surface area contributed by atoms with Crippen LogP contribution >= 0.6 is 23.2 Å². The fourth-order valence-electron chi connectivity index (χ4n) is 3.02. The van der Waals surface area contributed by atoms with Gasteiger partial charge in [-0.25, -0.2) is 8.42 Å². The maximum Gasteiger partial charge on any atom is 0.261 e. The third kappa shape index (κ3) is 4.77. The van der Waals surface area contributed by atoms with Crippen molar-refractivity contribution in [3.8, 4) is 5.75 Å². The van der Waals surface area contributed by atoms with Gasteiger partial charge in [0.2, 0.25) is 0 Å². The molecule has 10 heteroatoms. The summed E-state index contributed by atoms with van der Waals surface area (Å²) in [5.41, 5.74) is 1.32. The van der Waals surface area contributed by atoms with E-state index in [1.165, 1.54) is 42.5 Å². The van der Waals surface area contributed by atoms with Gasteiger partial charge in [0.15, 0.2) is 6.79 Å². The maximum absolute atomic E-state index is 13.0. The molecule has 0 saturated carbocycles. The third-order valence-corrected chi connectivity index (χ3v) is 6.39. The molecule has 1 aliphatic heterocycles. The summed E-state index contributed by atoms with van der Waals surface area (Å²) in [6.45, 7) is 0.409. The predicted octanol–water partition coefficient (Wildman–Crippen LogP) is 4.91. The molecule has 4 rings (SSSR count). The Morgan fingerprint density at radius 3 is 2.45 bits per heavy atom. The normalized spacial score (nSPS) is 13.1. The van der Waals surface area contributed by atoms with Crippen LogP contribution in [0.1, 0.15) is 15.9 Å². The third-order valence-electron chi connectivity index (χ3n) is 4.52. The summed E-state index contributed by atoms with van der Waals surface area (Å²) in [6.07, 6.45) is 0. The molecule has 1 aliphatic rings. The minimum absolute atomic E-state index is 0.00429. The second-order valence-electron chi connectivity index (χ2n) is 6.60. The lowest BCUT2D eigenvalue weighted by Crippen LogP contribution is -2.20. The fourth-order valence-corrected chi connectivity index (χ4v) is 4.39. The summed E-state index contributed by atoms with van der Waals surface area (Å²) in [6, 6.07) is 15.2. The molecule has 1 heterocycles. The fraction of sp³-hybridized carbons (Fsp3) is 0.0952. The van der Waals surface area contributed by atoms with Crippen LogP contribution in [0.4, 0.5) is 11.4 Å². The Bertz CT molecular complexity index is 1250. The molecule has 0 radical (unpaired) electrons. The Morgan fingerprint density at radius 1 is 0.935 bits per heavy atom. The van der Waals surface area contributed by atoms with Gasteiger partial charge in [0.1, 0.15) is 5.75 Å². The molecule has 1 amide bonds. The molecular weight excluding hydrogens is 463 g/mol. The van der Waals surface area contributed by atoms with Gasteiger partial charge in [-0.05, 0) is 54.6 Å². The van der Waals surface area contributed by atoms with Crippen LogP contribution in [-0.2, 0) is 21.4 Å². The highest BCUT2D eigenvalue weighted by molar-refractivity contribution is 7.92. The Kier molecular flexibility index (Phi) is 6.06. The van der Waals surface area contributed by atoms with Crippen LogP contribution in [0.15, 0.2) is 65.6 Å². The van der Waals surface area contributed by atoms with Crippen LogP contribution in [0.5, 0.6) is 5.75 Å². The van der Waals surface area contributed by atoms with Crippen molar-refractivity contribution in [3.05, 3.63) is 81.8 Å². The number of anilines is 2. The summed E-state index contributed by atoms with van der Waals surface area (Å²) in [4.78, 5) is 13.0. The zero-order chi connectivity index (χ0) is 22.0. The molecule has 3 aromatic carbocycles. The monoisotopic (exact) mass is 478 g/mol. The zero-order valence-corrected chi connectivity index (χ0v) is 18.2. The molecule has 0 atom stereocenters. The second kappa shape index (κ2) is 8.76. The second-order valence-corrected chi connectivity index (χ2v) is 9.15. The van der Waals surface area contributed by atoms with Crippen LogP contribution in [0.2, 0.25) is 10.0 Å². The number of carbonyl (C=O) groups excluding carboxylic acids is 1. The standard InChI is InChI=1S/C21H16Cl2N2O5S/c22-13-4-7-15(8-5-13)31(27,28)25-19-9-6-14(23)10-16(19)21(26)24-18-2-1-3-20-17(18)11-29-12-30-20/h1-10,25H,11-12H2,(H,24,26). The van der Waals surface area contributed by atoms with Crippen molar-refractivity contribution in [1.82, 2.24) is 0 Å². The summed E-state index contributed by atoms with van der Waals surface area (Å²) < 4.78 is 38.7. The van der Waals surface area contributed by atoms with Crippen molar-refractivity contribution in [2.45, 2.75) is 11.5 Å². The van der Waals surface area contributed by atoms with E-state index in [-0.39, 0.29) is 34.6 Å². The number of halogens is 2. The van der Waals surface area contributed by atoms with Crippen LogP contribution < -0.4 is 14.8 Å². The van der Waals surface area contributed by atoms with Gasteiger partial charge in [-0.3, -0.25) is 9.52 Å². The van der Waals surface area contributed by atoms with Crippen molar-refractivity contribution in [2.24, 2.45) is 0 Å². The summed E-state index contributed by atoms with van der Waals surface area (Å²) in [7, 11) is -3.96. The largest absolute Gasteiger partial charge is 0.467 e.